The van der Waals surface area contributed by atoms with E-state index in [9.17, 15) is 9.90 Å². The molecule has 5 heteroatoms. The Bertz CT molecular complexity index is 537. The lowest BCUT2D eigenvalue weighted by Crippen LogP contribution is -2.36. The molecule has 1 aromatic rings. The molecule has 130 valence electrons. The first-order valence-electron chi connectivity index (χ1n) is 8.77. The number of hydrogen-bond donors (Lipinski definition) is 2. The molecule has 1 amide bonds. The van der Waals surface area contributed by atoms with Gasteiger partial charge in [0.15, 0.2) is 0 Å². The van der Waals surface area contributed by atoms with Crippen LogP contribution in [0.1, 0.15) is 82.4 Å². The van der Waals surface area contributed by atoms with E-state index in [0.29, 0.717) is 24.1 Å². The summed E-state index contributed by atoms with van der Waals surface area (Å²) in [5.41, 5.74) is 1.32. The number of aliphatic hydroxyl groups is 1. The SMILES string of the molecule is CC(C)c1cc(C(=O)NCC(O)C2CCCC2)nn1C(C)(C)C. The van der Waals surface area contributed by atoms with E-state index >= 15 is 0 Å². The van der Waals surface area contributed by atoms with Crippen LogP contribution in [0, 0.1) is 5.92 Å². The quantitative estimate of drug-likeness (QED) is 0.876. The molecule has 5 nitrogen and oxygen atoms in total. The molecule has 1 aliphatic carbocycles. The Morgan fingerprint density at radius 3 is 2.48 bits per heavy atom. The highest BCUT2D eigenvalue weighted by molar-refractivity contribution is 5.92. The van der Waals surface area contributed by atoms with Crippen LogP contribution in [0.15, 0.2) is 6.07 Å². The minimum Gasteiger partial charge on any atom is -0.391 e. The second-order valence-electron chi connectivity index (χ2n) is 8.01. The molecule has 23 heavy (non-hydrogen) atoms. The van der Waals surface area contributed by atoms with Gasteiger partial charge in [0.05, 0.1) is 11.6 Å². The van der Waals surface area contributed by atoms with Crippen LogP contribution in [0.25, 0.3) is 0 Å². The van der Waals surface area contributed by atoms with Crippen molar-refractivity contribution < 1.29 is 9.90 Å². The van der Waals surface area contributed by atoms with Crippen molar-refractivity contribution in [2.24, 2.45) is 5.92 Å². The molecule has 0 radical (unpaired) electrons. The van der Waals surface area contributed by atoms with Crippen molar-refractivity contribution in [3.8, 4) is 0 Å². The fraction of sp³-hybridized carbons (Fsp3) is 0.778. The predicted octanol–water partition coefficient (Wildman–Crippen LogP) is 3.04. The number of carbonyl (C=O) groups is 1. The van der Waals surface area contributed by atoms with Crippen molar-refractivity contribution in [3.63, 3.8) is 0 Å². The molecule has 1 aliphatic rings. The van der Waals surface area contributed by atoms with Gasteiger partial charge < -0.3 is 10.4 Å². The molecule has 1 unspecified atom stereocenters. The smallest absolute Gasteiger partial charge is 0.271 e. The molecule has 0 saturated heterocycles. The van der Waals surface area contributed by atoms with Gasteiger partial charge in [-0.1, -0.05) is 26.7 Å². The molecule has 1 atom stereocenters. The van der Waals surface area contributed by atoms with Crippen LogP contribution in [0.5, 0.6) is 0 Å². The van der Waals surface area contributed by atoms with Crippen molar-refractivity contribution in [2.75, 3.05) is 6.54 Å². The Morgan fingerprint density at radius 2 is 2.00 bits per heavy atom. The van der Waals surface area contributed by atoms with E-state index in [0.717, 1.165) is 18.5 Å². The van der Waals surface area contributed by atoms with Crippen LogP contribution in [0.2, 0.25) is 0 Å². The van der Waals surface area contributed by atoms with Gasteiger partial charge in [-0.25, -0.2) is 0 Å². The van der Waals surface area contributed by atoms with Crippen molar-refractivity contribution in [1.82, 2.24) is 15.1 Å². The zero-order valence-electron chi connectivity index (χ0n) is 15.1. The van der Waals surface area contributed by atoms with E-state index in [4.69, 9.17) is 0 Å². The Hall–Kier alpha value is -1.36. The normalized spacial score (nSPS) is 17.7. The highest BCUT2D eigenvalue weighted by Crippen LogP contribution is 2.27. The number of hydrogen-bond acceptors (Lipinski definition) is 3. The zero-order valence-corrected chi connectivity index (χ0v) is 15.1. The van der Waals surface area contributed by atoms with E-state index in [1.807, 2.05) is 10.7 Å². The molecule has 0 spiro atoms. The molecule has 1 fully saturated rings. The molecule has 1 heterocycles. The highest BCUT2D eigenvalue weighted by atomic mass is 16.3. The third-order valence-electron chi connectivity index (χ3n) is 4.61. The van der Waals surface area contributed by atoms with Crippen molar-refractivity contribution in [3.05, 3.63) is 17.5 Å². The second-order valence-corrected chi connectivity index (χ2v) is 8.01. The Morgan fingerprint density at radius 1 is 1.39 bits per heavy atom. The maximum atomic E-state index is 12.4. The predicted molar refractivity (Wildman–Crippen MR) is 91.6 cm³/mol. The minimum atomic E-state index is -0.448. The summed E-state index contributed by atoms with van der Waals surface area (Å²) in [7, 11) is 0. The largest absolute Gasteiger partial charge is 0.391 e. The fourth-order valence-corrected chi connectivity index (χ4v) is 3.25. The topological polar surface area (TPSA) is 67.2 Å². The summed E-state index contributed by atoms with van der Waals surface area (Å²) in [5, 5.41) is 17.5. The number of rotatable bonds is 5. The van der Waals surface area contributed by atoms with Crippen LogP contribution < -0.4 is 5.32 Å². The van der Waals surface area contributed by atoms with Crippen LogP contribution in [0.4, 0.5) is 0 Å². The standard InChI is InChI=1S/C18H31N3O2/c1-12(2)15-10-14(20-21(15)18(3,4)5)17(23)19-11-16(22)13-8-6-7-9-13/h10,12-13,16,22H,6-9,11H2,1-5H3,(H,19,23). The van der Waals surface area contributed by atoms with Gasteiger partial charge in [0, 0.05) is 12.2 Å². The second kappa shape index (κ2) is 7.04. The first kappa shape index (κ1) is 18.0. The van der Waals surface area contributed by atoms with Crippen molar-refractivity contribution in [1.29, 1.82) is 0 Å². The molecule has 1 saturated carbocycles. The van der Waals surface area contributed by atoms with E-state index < -0.39 is 6.10 Å². The van der Waals surface area contributed by atoms with Crippen molar-refractivity contribution >= 4 is 5.91 Å². The van der Waals surface area contributed by atoms with Crippen LogP contribution in [0.3, 0.4) is 0 Å². The third kappa shape index (κ3) is 4.34. The average molecular weight is 321 g/mol. The van der Waals surface area contributed by atoms with Crippen LogP contribution >= 0.6 is 0 Å². The molecule has 0 bridgehead atoms. The summed E-state index contributed by atoms with van der Waals surface area (Å²) in [5.74, 6) is 0.424. The van der Waals surface area contributed by atoms with Gasteiger partial charge in [-0.15, -0.1) is 0 Å². The lowest BCUT2D eigenvalue weighted by Gasteiger charge is -2.23. The van der Waals surface area contributed by atoms with Crippen molar-refractivity contribution in [2.45, 2.75) is 77.9 Å². The first-order valence-corrected chi connectivity index (χ1v) is 8.77. The third-order valence-corrected chi connectivity index (χ3v) is 4.61. The van der Waals surface area contributed by atoms with E-state index in [-0.39, 0.29) is 11.4 Å². The van der Waals surface area contributed by atoms with Gasteiger partial charge in [-0.2, -0.15) is 5.10 Å². The zero-order chi connectivity index (χ0) is 17.2. The maximum Gasteiger partial charge on any atom is 0.271 e. The van der Waals surface area contributed by atoms with E-state index in [1.54, 1.807) is 0 Å². The first-order chi connectivity index (χ1) is 10.7. The molecule has 2 rings (SSSR count). The number of nitrogens with one attached hydrogen (secondary N) is 1. The monoisotopic (exact) mass is 321 g/mol. The summed E-state index contributed by atoms with van der Waals surface area (Å²) >= 11 is 0. The number of amides is 1. The number of nitrogens with zero attached hydrogens (tertiary/aromatic N) is 2. The average Bonchev–Trinajstić information content (AvgIpc) is 3.11. The van der Waals surface area contributed by atoms with Gasteiger partial charge in [0.25, 0.3) is 5.91 Å². The number of aromatic nitrogens is 2. The lowest BCUT2D eigenvalue weighted by molar-refractivity contribution is 0.0835. The summed E-state index contributed by atoms with van der Waals surface area (Å²) < 4.78 is 1.93. The minimum absolute atomic E-state index is 0.165. The van der Waals surface area contributed by atoms with E-state index in [1.165, 1.54) is 12.8 Å². The maximum absolute atomic E-state index is 12.4. The van der Waals surface area contributed by atoms with Gasteiger partial charge in [0.2, 0.25) is 0 Å². The Balaban J connectivity index is 2.04. The van der Waals surface area contributed by atoms with Gasteiger partial charge in [0.1, 0.15) is 5.69 Å². The highest BCUT2D eigenvalue weighted by Gasteiger charge is 2.26. The number of carbonyl (C=O) groups excluding carboxylic acids is 1. The van der Waals surface area contributed by atoms with Crippen LogP contribution in [-0.2, 0) is 5.54 Å². The van der Waals surface area contributed by atoms with Gasteiger partial charge in [-0.3, -0.25) is 9.48 Å². The van der Waals surface area contributed by atoms with E-state index in [2.05, 4.69) is 45.0 Å². The molecular weight excluding hydrogens is 290 g/mol. The molecule has 0 aliphatic heterocycles. The summed E-state index contributed by atoms with van der Waals surface area (Å²) in [6.45, 7) is 10.8. The Labute approximate surface area is 139 Å². The molecule has 1 aromatic heterocycles. The van der Waals surface area contributed by atoms with Gasteiger partial charge >= 0.3 is 0 Å². The fourth-order valence-electron chi connectivity index (χ4n) is 3.25. The lowest BCUT2D eigenvalue weighted by atomic mass is 10.0. The van der Waals surface area contributed by atoms with Gasteiger partial charge in [-0.05, 0) is 51.5 Å². The summed E-state index contributed by atoms with van der Waals surface area (Å²) in [6.07, 6.45) is 4.04. The summed E-state index contributed by atoms with van der Waals surface area (Å²) in [6, 6.07) is 1.87. The molecule has 0 aromatic carbocycles. The Kier molecular flexibility index (Phi) is 5.50. The summed E-state index contributed by atoms with van der Waals surface area (Å²) in [4.78, 5) is 12.4. The molecular formula is C18H31N3O2. The number of aliphatic hydroxyl groups excluding tert-OH is 1. The molecule has 2 N–H and O–H groups in total. The van der Waals surface area contributed by atoms with Crippen LogP contribution in [-0.4, -0.2) is 33.4 Å².